The summed E-state index contributed by atoms with van der Waals surface area (Å²) in [5, 5.41) is 0. The van der Waals surface area contributed by atoms with Crippen LogP contribution in [-0.2, 0) is 41.9 Å². The minimum Gasteiger partial charge on any atom is -0.463 e. The molecule has 0 spiro atoms. The smallest absolute Gasteiger partial charge is 0.416 e. The normalized spacial score (nSPS) is 11.7. The number of carbonyl (C=O) groups excluding carboxylic acids is 1. The largest absolute Gasteiger partial charge is 0.463 e. The maximum absolute atomic E-state index is 14.4. The number of halogens is 6. The van der Waals surface area contributed by atoms with Crippen LogP contribution in [0.15, 0.2) is 119 Å². The molecule has 0 aliphatic heterocycles. The van der Waals surface area contributed by atoms with Gasteiger partial charge in [-0.1, -0.05) is 71.2 Å². The summed E-state index contributed by atoms with van der Waals surface area (Å²) >= 11 is 0. The first-order valence-corrected chi connectivity index (χ1v) is 19.0. The van der Waals surface area contributed by atoms with Crippen LogP contribution in [0.4, 0.5) is 26.3 Å². The first kappa shape index (κ1) is 42.0. The Morgan fingerprint density at radius 3 is 1.38 bits per heavy atom. The summed E-state index contributed by atoms with van der Waals surface area (Å²) in [4.78, 5) is 12.3. The van der Waals surface area contributed by atoms with Gasteiger partial charge in [-0.05, 0) is 81.4 Å². The lowest BCUT2D eigenvalue weighted by molar-refractivity contribution is -0.138. The van der Waals surface area contributed by atoms with Crippen molar-refractivity contribution in [1.29, 1.82) is 0 Å². The van der Waals surface area contributed by atoms with Crippen LogP contribution in [0.2, 0.25) is 0 Å². The van der Waals surface area contributed by atoms with E-state index in [1.807, 2.05) is 0 Å². The van der Waals surface area contributed by atoms with E-state index in [-0.39, 0.29) is 27.5 Å². The molecule has 0 unspecified atom stereocenters. The first-order chi connectivity index (χ1) is 25.7. The van der Waals surface area contributed by atoms with Gasteiger partial charge < -0.3 is 4.74 Å². The van der Waals surface area contributed by atoms with E-state index in [0.717, 1.165) is 36.4 Å². The lowest BCUT2D eigenvalue weighted by atomic mass is 10.1. The van der Waals surface area contributed by atoms with Gasteiger partial charge in [-0.3, -0.25) is 0 Å². The molecule has 0 atom stereocenters. The third-order valence-corrected chi connectivity index (χ3v) is 11.1. The van der Waals surface area contributed by atoms with Gasteiger partial charge in [0.25, 0.3) is 20.0 Å². The third-order valence-electron chi connectivity index (χ3n) is 7.55. The number of nitrogens with zero attached hydrogens (tertiary/aromatic N) is 2. The Labute approximate surface area is 315 Å². The summed E-state index contributed by atoms with van der Waals surface area (Å²) in [6.45, 7) is 2.74. The number of carbonyl (C=O) groups is 1. The summed E-state index contributed by atoms with van der Waals surface area (Å²) in [5.41, 5.74) is -1.05. The van der Waals surface area contributed by atoms with Crippen LogP contribution in [-0.4, -0.2) is 51.1 Å². The second-order valence-corrected chi connectivity index (χ2v) is 15.4. The first-order valence-electron chi connectivity index (χ1n) is 16.1. The molecule has 4 aromatic rings. The second kappa shape index (κ2) is 17.2. The summed E-state index contributed by atoms with van der Waals surface area (Å²) < 4.78 is 144. The molecule has 8 nitrogen and oxygen atoms in total. The molecule has 0 aliphatic carbocycles. The van der Waals surface area contributed by atoms with Gasteiger partial charge in [0.2, 0.25) is 0 Å². The topological polar surface area (TPSA) is 101 Å². The van der Waals surface area contributed by atoms with E-state index in [4.69, 9.17) is 4.74 Å². The average molecular weight is 803 g/mol. The Morgan fingerprint density at radius 1 is 0.655 bits per heavy atom. The molecule has 0 saturated carbocycles. The Hall–Kier alpha value is -5.71. The number of hydrogen-bond acceptors (Lipinski definition) is 6. The van der Waals surface area contributed by atoms with Crippen molar-refractivity contribution in [3.05, 3.63) is 142 Å². The standard InChI is InChI=1S/C39H32F6N2O6S2/c1-4-53-37(48)27-36(46(54(49,50)34-19-15-28(2)16-20-34)23-7-11-30-9-5-13-32(25-30)38(40,41)42)47(55(51,52)35-21-17-29(3)18-22-35)24-8-12-31-10-6-14-33(26-31)39(43,44)45/h5-6,9-10,13-22,25-27H,4,23-24H2,1-3H3. The maximum atomic E-state index is 14.4. The Morgan fingerprint density at radius 2 is 1.04 bits per heavy atom. The highest BCUT2D eigenvalue weighted by Crippen LogP contribution is 2.31. The maximum Gasteiger partial charge on any atom is 0.416 e. The number of ether oxygens (including phenoxy) is 1. The fraction of sp³-hybridized carbons (Fsp3) is 0.205. The number of esters is 1. The lowest BCUT2D eigenvalue weighted by Crippen LogP contribution is -2.43. The van der Waals surface area contributed by atoms with Gasteiger partial charge in [0.15, 0.2) is 0 Å². The van der Waals surface area contributed by atoms with E-state index in [0.29, 0.717) is 25.8 Å². The van der Waals surface area contributed by atoms with Crippen molar-refractivity contribution in [3.63, 3.8) is 0 Å². The number of benzene rings is 4. The summed E-state index contributed by atoms with van der Waals surface area (Å²) in [5.74, 6) is 7.85. The van der Waals surface area contributed by atoms with Gasteiger partial charge in [0.1, 0.15) is 5.82 Å². The van der Waals surface area contributed by atoms with E-state index in [1.165, 1.54) is 67.6 Å². The number of rotatable bonds is 10. The van der Waals surface area contributed by atoms with Gasteiger partial charge in [-0.15, -0.1) is 0 Å². The predicted molar refractivity (Wildman–Crippen MR) is 192 cm³/mol. The minimum absolute atomic E-state index is 0.158. The molecule has 0 N–H and O–H groups in total. The van der Waals surface area contributed by atoms with E-state index in [2.05, 4.69) is 23.7 Å². The number of alkyl halides is 6. The summed E-state index contributed by atoms with van der Waals surface area (Å²) in [7, 11) is -9.72. The van der Waals surface area contributed by atoms with Crippen LogP contribution < -0.4 is 0 Å². The lowest BCUT2D eigenvalue weighted by Gasteiger charge is -2.32. The van der Waals surface area contributed by atoms with Crippen molar-refractivity contribution in [2.75, 3.05) is 19.7 Å². The van der Waals surface area contributed by atoms with Gasteiger partial charge in [0.05, 0.1) is 46.7 Å². The van der Waals surface area contributed by atoms with Crippen LogP contribution in [0.5, 0.6) is 0 Å². The molecule has 16 heteroatoms. The summed E-state index contributed by atoms with van der Waals surface area (Å²) in [6, 6.07) is 18.4. The minimum atomic E-state index is -4.86. The molecule has 4 rings (SSSR count). The molecule has 0 heterocycles. The number of aryl methyl sites for hydroxylation is 2. The molecule has 0 radical (unpaired) electrons. The molecule has 0 aliphatic rings. The molecule has 0 amide bonds. The zero-order valence-electron chi connectivity index (χ0n) is 29.4. The molecule has 288 valence electrons. The van der Waals surface area contributed by atoms with E-state index in [9.17, 15) is 48.0 Å². The summed E-state index contributed by atoms with van der Waals surface area (Å²) in [6.07, 6.45) is -8.85. The van der Waals surface area contributed by atoms with Gasteiger partial charge in [0, 0.05) is 11.1 Å². The average Bonchev–Trinajstić information content (AvgIpc) is 3.11. The molecule has 0 saturated heterocycles. The van der Waals surface area contributed by atoms with E-state index < -0.39 is 68.4 Å². The van der Waals surface area contributed by atoms with Crippen molar-refractivity contribution < 1.29 is 52.7 Å². The van der Waals surface area contributed by atoms with Gasteiger partial charge in [-0.2, -0.15) is 26.3 Å². The zero-order valence-corrected chi connectivity index (χ0v) is 31.0. The highest BCUT2D eigenvalue weighted by molar-refractivity contribution is 7.90. The van der Waals surface area contributed by atoms with Gasteiger partial charge >= 0.3 is 18.3 Å². The van der Waals surface area contributed by atoms with E-state index in [1.54, 1.807) is 13.8 Å². The number of hydrogen-bond donors (Lipinski definition) is 0. The van der Waals surface area contributed by atoms with Crippen molar-refractivity contribution in [1.82, 2.24) is 8.61 Å². The van der Waals surface area contributed by atoms with Crippen molar-refractivity contribution >= 4 is 26.0 Å². The Bertz CT molecular complexity index is 2250. The van der Waals surface area contributed by atoms with Gasteiger partial charge in [-0.25, -0.2) is 30.2 Å². The van der Waals surface area contributed by atoms with Crippen LogP contribution >= 0.6 is 0 Å². The Balaban J connectivity index is 1.98. The van der Waals surface area contributed by atoms with E-state index >= 15 is 0 Å². The van der Waals surface area contributed by atoms with Crippen LogP contribution in [0, 0.1) is 37.5 Å². The van der Waals surface area contributed by atoms with Crippen molar-refractivity contribution in [2.45, 2.75) is 42.9 Å². The molecule has 0 bridgehead atoms. The zero-order chi connectivity index (χ0) is 40.6. The molecule has 55 heavy (non-hydrogen) atoms. The number of sulfonamides is 2. The van der Waals surface area contributed by atoms with Crippen molar-refractivity contribution in [3.8, 4) is 23.7 Å². The molecule has 0 fully saturated rings. The SMILES string of the molecule is CCOC(=O)C=C(N(CC#Cc1cccc(C(F)(F)F)c1)S(=O)(=O)c1ccc(C)cc1)N(CC#Cc1cccc(C(F)(F)F)c1)S(=O)(=O)c1ccc(C)cc1. The molecule has 0 aromatic heterocycles. The third kappa shape index (κ3) is 10.9. The predicted octanol–water partition coefficient (Wildman–Crippen LogP) is 7.53. The fourth-order valence-electron chi connectivity index (χ4n) is 4.78. The fourth-order valence-corrected chi connectivity index (χ4v) is 7.57. The monoisotopic (exact) mass is 802 g/mol. The van der Waals surface area contributed by atoms with Crippen molar-refractivity contribution in [2.24, 2.45) is 0 Å². The van der Waals surface area contributed by atoms with Crippen LogP contribution in [0.25, 0.3) is 0 Å². The van der Waals surface area contributed by atoms with Crippen LogP contribution in [0.1, 0.15) is 40.3 Å². The Kier molecular flexibility index (Phi) is 13.1. The van der Waals surface area contributed by atoms with Crippen LogP contribution in [0.3, 0.4) is 0 Å². The second-order valence-electron chi connectivity index (χ2n) is 11.7. The molecular formula is C39H32F6N2O6S2. The molecular weight excluding hydrogens is 771 g/mol. The highest BCUT2D eigenvalue weighted by atomic mass is 32.2. The highest BCUT2D eigenvalue weighted by Gasteiger charge is 2.36. The molecule has 4 aromatic carbocycles. The quantitative estimate of drug-likeness (QED) is 0.0712.